The van der Waals surface area contributed by atoms with Crippen LogP contribution in [0.15, 0.2) is 36.4 Å². The molecule has 3 aliphatic heterocycles. The SMILES string of the molecule is O=C(C[C@@H]1CCN2C[C@@H]1/C=C\COc1ccccc1CN(C(=O)C1CCC1)CC2=O)N1CC[C@@H](O)C1. The monoisotopic (exact) mass is 495 g/mol. The van der Waals surface area contributed by atoms with E-state index >= 15 is 0 Å². The highest BCUT2D eigenvalue weighted by Crippen LogP contribution is 2.32. The van der Waals surface area contributed by atoms with Gasteiger partial charge in [0.2, 0.25) is 17.7 Å². The zero-order valence-electron chi connectivity index (χ0n) is 20.9. The summed E-state index contributed by atoms with van der Waals surface area (Å²) in [6.45, 7) is 2.95. The van der Waals surface area contributed by atoms with Gasteiger partial charge in [0.25, 0.3) is 0 Å². The van der Waals surface area contributed by atoms with E-state index in [4.69, 9.17) is 4.74 Å². The number of piperidine rings is 1. The predicted molar refractivity (Wildman–Crippen MR) is 134 cm³/mol. The zero-order valence-corrected chi connectivity index (χ0v) is 20.9. The summed E-state index contributed by atoms with van der Waals surface area (Å²) in [6.07, 6.45) is 8.28. The molecule has 5 rings (SSSR count). The van der Waals surface area contributed by atoms with Crippen molar-refractivity contribution in [2.75, 3.05) is 39.3 Å². The van der Waals surface area contributed by atoms with E-state index in [-0.39, 0.29) is 42.0 Å². The quantitative estimate of drug-likeness (QED) is 0.650. The molecule has 3 atom stereocenters. The van der Waals surface area contributed by atoms with Crippen LogP contribution in [0.1, 0.15) is 44.1 Å². The first-order valence-corrected chi connectivity index (χ1v) is 13.4. The average molecular weight is 496 g/mol. The third kappa shape index (κ3) is 5.59. The number of rotatable bonds is 3. The number of nitrogens with zero attached hydrogens (tertiary/aromatic N) is 3. The Morgan fingerprint density at radius 2 is 1.83 bits per heavy atom. The molecule has 194 valence electrons. The molecule has 2 saturated heterocycles. The van der Waals surface area contributed by atoms with Crippen LogP contribution < -0.4 is 4.74 Å². The second kappa shape index (κ2) is 11.0. The highest BCUT2D eigenvalue weighted by Gasteiger charge is 2.36. The summed E-state index contributed by atoms with van der Waals surface area (Å²) in [5.74, 6) is 0.999. The van der Waals surface area contributed by atoms with Crippen molar-refractivity contribution in [1.29, 1.82) is 0 Å². The predicted octanol–water partition coefficient (Wildman–Crippen LogP) is 2.21. The first-order valence-electron chi connectivity index (χ1n) is 13.4. The van der Waals surface area contributed by atoms with Crippen molar-refractivity contribution in [3.05, 3.63) is 42.0 Å². The molecular weight excluding hydrogens is 458 g/mol. The number of hydrogen-bond donors (Lipinski definition) is 1. The average Bonchev–Trinajstić information content (AvgIpc) is 3.28. The molecule has 8 nitrogen and oxygen atoms in total. The van der Waals surface area contributed by atoms with Gasteiger partial charge in [-0.1, -0.05) is 36.8 Å². The fraction of sp³-hybridized carbons (Fsp3) is 0.607. The van der Waals surface area contributed by atoms with E-state index in [1.807, 2.05) is 35.2 Å². The van der Waals surface area contributed by atoms with E-state index in [2.05, 4.69) is 6.08 Å². The number of likely N-dealkylation sites (tertiary alicyclic amines) is 1. The molecular formula is C28H37N3O5. The summed E-state index contributed by atoms with van der Waals surface area (Å²) >= 11 is 0. The van der Waals surface area contributed by atoms with E-state index in [0.717, 1.165) is 37.0 Å². The van der Waals surface area contributed by atoms with Gasteiger partial charge in [0.1, 0.15) is 18.9 Å². The lowest BCUT2D eigenvalue weighted by Gasteiger charge is -2.39. The molecule has 0 spiro atoms. The first-order chi connectivity index (χ1) is 17.5. The third-order valence-electron chi connectivity index (χ3n) is 8.26. The molecule has 3 amide bonds. The third-order valence-corrected chi connectivity index (χ3v) is 8.26. The van der Waals surface area contributed by atoms with E-state index < -0.39 is 6.10 Å². The van der Waals surface area contributed by atoms with Crippen LogP contribution >= 0.6 is 0 Å². The van der Waals surface area contributed by atoms with Crippen molar-refractivity contribution in [3.8, 4) is 5.75 Å². The van der Waals surface area contributed by atoms with Crippen LogP contribution in [0, 0.1) is 17.8 Å². The van der Waals surface area contributed by atoms with E-state index in [0.29, 0.717) is 52.2 Å². The molecule has 1 aliphatic carbocycles. The Morgan fingerprint density at radius 1 is 1.00 bits per heavy atom. The van der Waals surface area contributed by atoms with Gasteiger partial charge in [0, 0.05) is 50.6 Å². The van der Waals surface area contributed by atoms with Crippen molar-refractivity contribution in [2.45, 2.75) is 51.2 Å². The van der Waals surface area contributed by atoms with Gasteiger partial charge < -0.3 is 24.5 Å². The zero-order chi connectivity index (χ0) is 25.1. The van der Waals surface area contributed by atoms with Crippen LogP contribution in [-0.4, -0.2) is 83.0 Å². The van der Waals surface area contributed by atoms with Gasteiger partial charge in [-0.2, -0.15) is 0 Å². The number of carbonyl (C=O) groups excluding carboxylic acids is 3. The molecule has 3 heterocycles. The fourth-order valence-corrected chi connectivity index (χ4v) is 5.79. The second-order valence-electron chi connectivity index (χ2n) is 10.7. The van der Waals surface area contributed by atoms with E-state index in [1.165, 1.54) is 0 Å². The van der Waals surface area contributed by atoms with Crippen molar-refractivity contribution >= 4 is 17.7 Å². The Kier molecular flexibility index (Phi) is 7.60. The lowest BCUT2D eigenvalue weighted by molar-refractivity contribution is -0.146. The van der Waals surface area contributed by atoms with Gasteiger partial charge in [-0.3, -0.25) is 14.4 Å². The lowest BCUT2D eigenvalue weighted by atomic mass is 9.82. The Morgan fingerprint density at radius 3 is 2.58 bits per heavy atom. The maximum Gasteiger partial charge on any atom is 0.242 e. The van der Waals surface area contributed by atoms with Crippen molar-refractivity contribution < 1.29 is 24.2 Å². The van der Waals surface area contributed by atoms with Crippen molar-refractivity contribution in [3.63, 3.8) is 0 Å². The van der Waals surface area contributed by atoms with Gasteiger partial charge >= 0.3 is 0 Å². The smallest absolute Gasteiger partial charge is 0.242 e. The Bertz CT molecular complexity index is 1010. The summed E-state index contributed by atoms with van der Waals surface area (Å²) in [5.41, 5.74) is 0.903. The van der Waals surface area contributed by atoms with Gasteiger partial charge in [-0.05, 0) is 43.6 Å². The van der Waals surface area contributed by atoms with E-state index in [9.17, 15) is 19.5 Å². The van der Waals surface area contributed by atoms with Crippen LogP contribution in [0.2, 0.25) is 0 Å². The molecule has 1 N–H and O–H groups in total. The largest absolute Gasteiger partial charge is 0.489 e. The van der Waals surface area contributed by atoms with Crippen LogP contribution in [0.3, 0.4) is 0 Å². The Labute approximate surface area is 212 Å². The summed E-state index contributed by atoms with van der Waals surface area (Å²) in [5, 5.41) is 9.82. The number of aliphatic hydroxyl groups excluding tert-OH is 1. The summed E-state index contributed by atoms with van der Waals surface area (Å²) in [6, 6.07) is 7.71. The Hall–Kier alpha value is -2.87. The molecule has 3 fully saturated rings. The number of carbonyl (C=O) groups is 3. The number of amides is 3. The second-order valence-corrected chi connectivity index (χ2v) is 10.7. The Balaban J connectivity index is 1.34. The number of aliphatic hydroxyl groups is 1. The van der Waals surface area contributed by atoms with Crippen LogP contribution in [0.4, 0.5) is 0 Å². The normalized spacial score (nSPS) is 28.2. The van der Waals surface area contributed by atoms with Crippen molar-refractivity contribution in [2.24, 2.45) is 17.8 Å². The van der Waals surface area contributed by atoms with E-state index in [1.54, 1.807) is 9.80 Å². The molecule has 36 heavy (non-hydrogen) atoms. The minimum atomic E-state index is -0.427. The summed E-state index contributed by atoms with van der Waals surface area (Å²) in [7, 11) is 0. The topological polar surface area (TPSA) is 90.4 Å². The summed E-state index contributed by atoms with van der Waals surface area (Å²) < 4.78 is 6.08. The molecule has 1 aromatic rings. The first kappa shape index (κ1) is 24.8. The number of fused-ring (bicyclic) bond motifs is 3. The van der Waals surface area contributed by atoms with Crippen LogP contribution in [0.25, 0.3) is 0 Å². The molecule has 0 aromatic heterocycles. The number of ether oxygens (including phenoxy) is 1. The molecule has 0 radical (unpaired) electrons. The van der Waals surface area contributed by atoms with Crippen molar-refractivity contribution in [1.82, 2.24) is 14.7 Å². The van der Waals surface area contributed by atoms with Gasteiger partial charge in [0.15, 0.2) is 0 Å². The minimum Gasteiger partial charge on any atom is -0.489 e. The standard InChI is InChI=1S/C28H37N3O5/c32-24-11-13-30(18-24)26(33)15-21-10-12-29-16-22(21)8-4-14-36-25-9-2-1-5-23(25)17-31(19-27(29)34)28(35)20-6-3-7-20/h1-2,4-5,8-9,20-22,24,32H,3,6-7,10-19H2/b8-4-/t21-,22-,24+/m0/s1. The number of β-amino-alcohol motifs (C(OH)–C–C–N with tert-alkyl or cyclic N) is 1. The number of benzene rings is 1. The van der Waals surface area contributed by atoms with Gasteiger partial charge in [-0.15, -0.1) is 0 Å². The molecule has 2 bridgehead atoms. The maximum atomic E-state index is 13.4. The number of hydrogen-bond acceptors (Lipinski definition) is 5. The lowest BCUT2D eigenvalue weighted by Crippen LogP contribution is -2.50. The molecule has 8 heteroatoms. The van der Waals surface area contributed by atoms with Crippen LogP contribution in [0.5, 0.6) is 5.75 Å². The van der Waals surface area contributed by atoms with Gasteiger partial charge in [0.05, 0.1) is 6.10 Å². The number of para-hydroxylation sites is 1. The van der Waals surface area contributed by atoms with Gasteiger partial charge in [-0.25, -0.2) is 0 Å². The maximum absolute atomic E-state index is 13.4. The molecule has 1 aromatic carbocycles. The minimum absolute atomic E-state index is 0.0110. The molecule has 0 unspecified atom stereocenters. The summed E-state index contributed by atoms with van der Waals surface area (Å²) in [4.78, 5) is 44.9. The highest BCUT2D eigenvalue weighted by atomic mass is 16.5. The molecule has 4 aliphatic rings. The van der Waals surface area contributed by atoms with Crippen LogP contribution in [-0.2, 0) is 20.9 Å². The molecule has 1 saturated carbocycles. The fourth-order valence-electron chi connectivity index (χ4n) is 5.79. The highest BCUT2D eigenvalue weighted by molar-refractivity contribution is 5.86.